The van der Waals surface area contributed by atoms with Gasteiger partial charge in [0.25, 0.3) is 0 Å². The van der Waals surface area contributed by atoms with E-state index in [0.29, 0.717) is 31.6 Å². The number of ether oxygens (including phenoxy) is 4. The zero-order chi connectivity index (χ0) is 74.4. The number of hydrogen-bond acceptors (Lipinski definition) is 15. The Labute approximate surface area is 618 Å². The highest BCUT2D eigenvalue weighted by atomic mass is 31.2. The van der Waals surface area contributed by atoms with Crippen molar-refractivity contribution in [2.75, 3.05) is 39.6 Å². The molecular formula is C82H156O17P2. The molecule has 17 nitrogen and oxygen atoms in total. The molecular weight excluding hydrogens is 1320 g/mol. The fraction of sp³-hybridized carbons (Fsp3) is 0.902. The molecule has 4 unspecified atom stereocenters. The highest BCUT2D eigenvalue weighted by molar-refractivity contribution is 7.47. The quantitative estimate of drug-likeness (QED) is 0.0169. The van der Waals surface area contributed by atoms with Crippen molar-refractivity contribution in [2.24, 2.45) is 17.8 Å². The third-order valence-electron chi connectivity index (χ3n) is 18.9. The zero-order valence-corrected chi connectivity index (χ0v) is 67.6. The molecule has 0 bridgehead atoms. The standard InChI is InChI=1S/C82H156O17P2/c1-8-10-11-12-13-14-15-16-19-27-32-37-42-51-58-65-81(86)98-77(69-92-79(84)63-56-49-41-36-31-26-23-22-25-30-35-40-48-55-62-75(7)9-2)71-96-100(88,89)94-67-76(83)68-95-101(90,91)97-72-78(70-93-80(85)64-57-50-45-44-47-54-61-74(5)6)99-82(87)66-59-52-43-38-33-28-21-18-17-20-24-29-34-39-46-53-60-73(3)4/h14-16,19,73-78,83H,8-13,17-18,20-72H2,1-7H3,(H,88,89)(H,90,91)/b15-14-,19-16-/t75?,76?,77-,78-/m1/s1. The van der Waals surface area contributed by atoms with Gasteiger partial charge in [-0.05, 0) is 69.1 Å². The Balaban J connectivity index is 5.24. The number of rotatable bonds is 78. The number of carbonyl (C=O) groups excluding carboxylic acids is 4. The molecule has 0 aliphatic carbocycles. The highest BCUT2D eigenvalue weighted by Gasteiger charge is 2.30. The minimum absolute atomic E-state index is 0.0851. The molecule has 0 saturated carbocycles. The SMILES string of the molecule is CCCCCC/C=C\C=C/CCCCCCCC(=O)O[C@H](COC(=O)CCCCCCCCCCCCCCCCC(C)CC)COP(=O)(O)OCC(O)COP(=O)(O)OC[C@@H](COC(=O)CCCCCCCCC(C)C)OC(=O)CCCCCCCCCCCCCCCCCCC(C)C. The number of aliphatic hydroxyl groups excluding tert-OH is 1. The maximum atomic E-state index is 13.1. The van der Waals surface area contributed by atoms with Crippen LogP contribution in [0.2, 0.25) is 0 Å². The molecule has 0 saturated heterocycles. The number of allylic oxidation sites excluding steroid dienone is 4. The molecule has 101 heavy (non-hydrogen) atoms. The van der Waals surface area contributed by atoms with E-state index in [9.17, 15) is 43.2 Å². The summed E-state index contributed by atoms with van der Waals surface area (Å²) in [5.74, 6) is 0.191. The lowest BCUT2D eigenvalue weighted by molar-refractivity contribution is -0.161. The Morgan fingerprint density at radius 1 is 0.327 bits per heavy atom. The molecule has 0 rings (SSSR count). The molecule has 0 fully saturated rings. The smallest absolute Gasteiger partial charge is 0.462 e. The minimum atomic E-state index is -4.97. The predicted octanol–water partition coefficient (Wildman–Crippen LogP) is 24.1. The van der Waals surface area contributed by atoms with E-state index in [2.05, 4.69) is 72.8 Å². The predicted molar refractivity (Wildman–Crippen MR) is 414 cm³/mol. The monoisotopic (exact) mass is 1480 g/mol. The minimum Gasteiger partial charge on any atom is -0.462 e. The van der Waals surface area contributed by atoms with Crippen molar-refractivity contribution < 1.29 is 80.2 Å². The molecule has 0 spiro atoms. The molecule has 3 N–H and O–H groups in total. The van der Waals surface area contributed by atoms with Crippen LogP contribution in [0.3, 0.4) is 0 Å². The van der Waals surface area contributed by atoms with Crippen LogP contribution in [0.15, 0.2) is 24.3 Å². The molecule has 0 aromatic rings. The number of phosphoric acid groups is 2. The number of carbonyl (C=O) groups is 4. The van der Waals surface area contributed by atoms with Gasteiger partial charge in [0.1, 0.15) is 19.3 Å². The van der Waals surface area contributed by atoms with E-state index in [0.717, 1.165) is 121 Å². The zero-order valence-electron chi connectivity index (χ0n) is 65.9. The third-order valence-corrected chi connectivity index (χ3v) is 20.8. The number of phosphoric ester groups is 2. The van der Waals surface area contributed by atoms with Crippen LogP contribution in [0.5, 0.6) is 0 Å². The van der Waals surface area contributed by atoms with Crippen molar-refractivity contribution in [2.45, 2.75) is 420 Å². The third kappa shape index (κ3) is 74.2. The first-order valence-corrected chi connectivity index (χ1v) is 44.7. The van der Waals surface area contributed by atoms with Gasteiger partial charge in [-0.3, -0.25) is 37.3 Å². The molecule has 0 radical (unpaired) electrons. The lowest BCUT2D eigenvalue weighted by Gasteiger charge is -2.21. The van der Waals surface area contributed by atoms with E-state index >= 15 is 0 Å². The van der Waals surface area contributed by atoms with Crippen LogP contribution in [0, 0.1) is 17.8 Å². The van der Waals surface area contributed by atoms with Crippen molar-refractivity contribution in [3.05, 3.63) is 24.3 Å². The Kier molecular flexibility index (Phi) is 70.0. The first-order chi connectivity index (χ1) is 48.8. The largest absolute Gasteiger partial charge is 0.472 e. The van der Waals surface area contributed by atoms with Gasteiger partial charge in [0.2, 0.25) is 0 Å². The van der Waals surface area contributed by atoms with Gasteiger partial charge in [-0.1, -0.05) is 349 Å². The second-order valence-electron chi connectivity index (χ2n) is 30.0. The Morgan fingerprint density at radius 2 is 0.584 bits per heavy atom. The molecule has 0 amide bonds. The molecule has 0 aliphatic heterocycles. The van der Waals surface area contributed by atoms with Gasteiger partial charge in [0.05, 0.1) is 26.4 Å². The van der Waals surface area contributed by atoms with Gasteiger partial charge >= 0.3 is 39.5 Å². The fourth-order valence-corrected chi connectivity index (χ4v) is 13.7. The van der Waals surface area contributed by atoms with E-state index in [1.165, 1.54) is 193 Å². The van der Waals surface area contributed by atoms with Crippen LogP contribution in [-0.2, 0) is 65.4 Å². The van der Waals surface area contributed by atoms with Crippen molar-refractivity contribution in [3.63, 3.8) is 0 Å². The Bertz CT molecular complexity index is 2050. The second kappa shape index (κ2) is 71.8. The summed E-state index contributed by atoms with van der Waals surface area (Å²) in [5, 5.41) is 10.6. The molecule has 596 valence electrons. The van der Waals surface area contributed by atoms with Gasteiger partial charge in [0, 0.05) is 25.7 Å². The lowest BCUT2D eigenvalue weighted by atomic mass is 9.99. The highest BCUT2D eigenvalue weighted by Crippen LogP contribution is 2.45. The van der Waals surface area contributed by atoms with Crippen LogP contribution >= 0.6 is 15.6 Å². The molecule has 0 aliphatic rings. The summed E-state index contributed by atoms with van der Waals surface area (Å²) in [6.07, 6.45) is 63.4. The van der Waals surface area contributed by atoms with E-state index in [1.807, 2.05) is 0 Å². The van der Waals surface area contributed by atoms with Crippen LogP contribution in [0.4, 0.5) is 0 Å². The van der Waals surface area contributed by atoms with Crippen molar-refractivity contribution in [3.8, 4) is 0 Å². The van der Waals surface area contributed by atoms with Crippen LogP contribution < -0.4 is 0 Å². The lowest BCUT2D eigenvalue weighted by Crippen LogP contribution is -2.30. The number of hydrogen-bond donors (Lipinski definition) is 3. The average Bonchev–Trinajstić information content (AvgIpc) is 0.952. The molecule has 6 atom stereocenters. The van der Waals surface area contributed by atoms with E-state index in [-0.39, 0.29) is 25.7 Å². The molecule has 0 aromatic heterocycles. The molecule has 0 aromatic carbocycles. The number of esters is 4. The number of aliphatic hydroxyl groups is 1. The first kappa shape index (κ1) is 98.5. The average molecular weight is 1480 g/mol. The summed E-state index contributed by atoms with van der Waals surface area (Å²) >= 11 is 0. The normalized spacial score (nSPS) is 14.4. The van der Waals surface area contributed by atoms with Gasteiger partial charge in [-0.25, -0.2) is 9.13 Å². The first-order valence-electron chi connectivity index (χ1n) is 41.7. The van der Waals surface area contributed by atoms with Gasteiger partial charge in [-0.15, -0.1) is 0 Å². The Morgan fingerprint density at radius 3 is 0.881 bits per heavy atom. The van der Waals surface area contributed by atoms with Crippen molar-refractivity contribution in [1.29, 1.82) is 0 Å². The van der Waals surface area contributed by atoms with Crippen LogP contribution in [0.25, 0.3) is 0 Å². The van der Waals surface area contributed by atoms with Gasteiger partial charge in [0.15, 0.2) is 12.2 Å². The van der Waals surface area contributed by atoms with Crippen LogP contribution in [0.1, 0.15) is 402 Å². The molecule has 0 heterocycles. The summed E-state index contributed by atoms with van der Waals surface area (Å²) in [7, 11) is -9.93. The van der Waals surface area contributed by atoms with Gasteiger partial charge < -0.3 is 33.8 Å². The summed E-state index contributed by atoms with van der Waals surface area (Å²) in [5.41, 5.74) is 0. The topological polar surface area (TPSA) is 237 Å². The summed E-state index contributed by atoms with van der Waals surface area (Å²) in [6.45, 7) is 11.9. The molecule has 19 heteroatoms. The maximum Gasteiger partial charge on any atom is 0.472 e. The second-order valence-corrected chi connectivity index (χ2v) is 32.9. The van der Waals surface area contributed by atoms with Crippen LogP contribution in [-0.4, -0.2) is 96.7 Å². The summed E-state index contributed by atoms with van der Waals surface area (Å²) < 4.78 is 68.7. The Hall–Kier alpha value is -2.46. The fourth-order valence-electron chi connectivity index (χ4n) is 12.1. The maximum absolute atomic E-state index is 13.1. The van der Waals surface area contributed by atoms with Crippen molar-refractivity contribution >= 4 is 39.5 Å². The van der Waals surface area contributed by atoms with Gasteiger partial charge in [-0.2, -0.15) is 0 Å². The van der Waals surface area contributed by atoms with Crippen molar-refractivity contribution in [1.82, 2.24) is 0 Å². The number of unbranched alkanes of at least 4 members (excludes halogenated alkanes) is 42. The van der Waals surface area contributed by atoms with E-state index in [1.54, 1.807) is 0 Å². The summed E-state index contributed by atoms with van der Waals surface area (Å²) in [6, 6.07) is 0. The van der Waals surface area contributed by atoms with E-state index < -0.39 is 97.5 Å². The summed E-state index contributed by atoms with van der Waals surface area (Å²) in [4.78, 5) is 73.0. The van der Waals surface area contributed by atoms with E-state index in [4.69, 9.17) is 37.0 Å².